The van der Waals surface area contributed by atoms with Crippen LogP contribution >= 0.6 is 0 Å². The molecule has 0 aromatic heterocycles. The number of rotatable bonds is 3. The average molecular weight is 254 g/mol. The number of Topliss-reactive ketones (excluding diaryl/α,β-unsaturated/α-hetero) is 2. The van der Waals surface area contributed by atoms with Gasteiger partial charge < -0.3 is 4.74 Å². The van der Waals surface area contributed by atoms with Crippen LogP contribution in [-0.4, -0.2) is 24.1 Å². The maximum absolute atomic E-state index is 11.9. The van der Waals surface area contributed by atoms with Gasteiger partial charge in [-0.2, -0.15) is 0 Å². The first-order valence-electron chi connectivity index (χ1n) is 6.51. The second-order valence-electron chi connectivity index (χ2n) is 5.94. The highest BCUT2D eigenvalue weighted by molar-refractivity contribution is 6.38. The number of carbonyl (C=O) groups excluding carboxylic acids is 3. The molecule has 1 saturated carbocycles. The first kappa shape index (κ1) is 14.9. The molecule has 0 N–H and O–H groups in total. The number of esters is 1. The Morgan fingerprint density at radius 2 is 1.94 bits per heavy atom. The lowest BCUT2D eigenvalue weighted by atomic mass is 9.68. The predicted molar refractivity (Wildman–Crippen MR) is 66.9 cm³/mol. The summed E-state index contributed by atoms with van der Waals surface area (Å²) in [6.07, 6.45) is 1.66. The number of ketones is 2. The van der Waals surface area contributed by atoms with Gasteiger partial charge in [0, 0.05) is 6.42 Å². The van der Waals surface area contributed by atoms with Crippen molar-refractivity contribution in [1.29, 1.82) is 0 Å². The van der Waals surface area contributed by atoms with E-state index >= 15 is 0 Å². The van der Waals surface area contributed by atoms with Crippen molar-refractivity contribution in [3.8, 4) is 0 Å². The first-order chi connectivity index (χ1) is 8.27. The van der Waals surface area contributed by atoms with E-state index in [9.17, 15) is 14.4 Å². The smallest absolute Gasteiger partial charge is 0.375 e. The molecule has 0 aromatic rings. The topological polar surface area (TPSA) is 60.4 Å². The van der Waals surface area contributed by atoms with Crippen molar-refractivity contribution in [2.45, 2.75) is 47.0 Å². The zero-order valence-corrected chi connectivity index (χ0v) is 11.6. The Bertz CT molecular complexity index is 351. The van der Waals surface area contributed by atoms with E-state index in [0.717, 1.165) is 6.42 Å². The molecule has 1 rings (SSSR count). The Balaban J connectivity index is 2.77. The first-order valence-corrected chi connectivity index (χ1v) is 6.51. The lowest BCUT2D eigenvalue weighted by Crippen LogP contribution is -2.39. The minimum atomic E-state index is -0.870. The van der Waals surface area contributed by atoms with Gasteiger partial charge in [-0.25, -0.2) is 4.79 Å². The second-order valence-corrected chi connectivity index (χ2v) is 5.94. The summed E-state index contributed by atoms with van der Waals surface area (Å²) in [4.78, 5) is 35.1. The molecular formula is C14H22O4. The third-order valence-electron chi connectivity index (χ3n) is 3.67. The van der Waals surface area contributed by atoms with E-state index in [1.165, 1.54) is 0 Å². The fourth-order valence-corrected chi connectivity index (χ4v) is 2.41. The standard InChI is InChI=1S/C14H22O4/c1-5-18-13(17)12(16)10-8-9(14(2,3)4)6-7-11(10)15/h9-10H,5-8H2,1-4H3/t9-,10-/m0/s1. The monoisotopic (exact) mass is 254 g/mol. The molecule has 0 saturated heterocycles. The Kier molecular flexibility index (Phi) is 4.65. The lowest BCUT2D eigenvalue weighted by molar-refractivity contribution is -0.158. The molecule has 0 radical (unpaired) electrons. The van der Waals surface area contributed by atoms with Crippen LogP contribution in [0.2, 0.25) is 0 Å². The zero-order chi connectivity index (χ0) is 13.9. The van der Waals surface area contributed by atoms with E-state index in [-0.39, 0.29) is 17.8 Å². The molecule has 0 aromatic carbocycles. The van der Waals surface area contributed by atoms with Gasteiger partial charge in [0.15, 0.2) is 0 Å². The van der Waals surface area contributed by atoms with Crippen LogP contribution in [0, 0.1) is 17.3 Å². The van der Waals surface area contributed by atoms with Crippen LogP contribution in [0.1, 0.15) is 47.0 Å². The highest BCUT2D eigenvalue weighted by Gasteiger charge is 2.40. The molecule has 0 bridgehead atoms. The Labute approximate surface area is 108 Å². The number of hydrogen-bond acceptors (Lipinski definition) is 4. The van der Waals surface area contributed by atoms with Crippen LogP contribution in [-0.2, 0) is 19.1 Å². The van der Waals surface area contributed by atoms with Gasteiger partial charge in [-0.05, 0) is 31.1 Å². The normalized spacial score (nSPS) is 24.8. The molecule has 4 heteroatoms. The summed E-state index contributed by atoms with van der Waals surface area (Å²) in [5.74, 6) is -2.16. The van der Waals surface area contributed by atoms with E-state index in [0.29, 0.717) is 18.8 Å². The highest BCUT2D eigenvalue weighted by atomic mass is 16.5. The van der Waals surface area contributed by atoms with Gasteiger partial charge in [0.25, 0.3) is 0 Å². The van der Waals surface area contributed by atoms with Gasteiger partial charge >= 0.3 is 5.97 Å². The molecule has 4 nitrogen and oxygen atoms in total. The summed E-state index contributed by atoms with van der Waals surface area (Å²) in [5, 5.41) is 0. The average Bonchev–Trinajstić information content (AvgIpc) is 2.27. The molecule has 1 aliphatic rings. The van der Waals surface area contributed by atoms with Gasteiger partial charge in [-0.3, -0.25) is 9.59 Å². The predicted octanol–water partition coefficient (Wildman–Crippen LogP) is 2.15. The van der Waals surface area contributed by atoms with Gasteiger partial charge in [-0.15, -0.1) is 0 Å². The van der Waals surface area contributed by atoms with Gasteiger partial charge in [0.1, 0.15) is 5.78 Å². The van der Waals surface area contributed by atoms with Crippen molar-refractivity contribution < 1.29 is 19.1 Å². The van der Waals surface area contributed by atoms with Crippen molar-refractivity contribution in [2.24, 2.45) is 17.3 Å². The van der Waals surface area contributed by atoms with E-state index < -0.39 is 17.7 Å². The van der Waals surface area contributed by atoms with Gasteiger partial charge in [0.2, 0.25) is 5.78 Å². The largest absolute Gasteiger partial charge is 0.460 e. The van der Waals surface area contributed by atoms with Crippen molar-refractivity contribution >= 4 is 17.5 Å². The van der Waals surface area contributed by atoms with Crippen molar-refractivity contribution in [2.75, 3.05) is 6.61 Å². The molecule has 2 atom stereocenters. The SMILES string of the molecule is CCOC(=O)C(=O)[C@H]1C[C@@H](C(C)(C)C)CCC1=O. The van der Waals surface area contributed by atoms with E-state index in [1.807, 2.05) is 0 Å². The molecule has 0 aliphatic heterocycles. The summed E-state index contributed by atoms with van der Waals surface area (Å²) in [6, 6.07) is 0. The molecule has 0 spiro atoms. The zero-order valence-electron chi connectivity index (χ0n) is 11.6. The molecule has 1 fully saturated rings. The summed E-state index contributed by atoms with van der Waals surface area (Å²) >= 11 is 0. The number of ether oxygens (including phenoxy) is 1. The molecule has 0 unspecified atom stereocenters. The quantitative estimate of drug-likeness (QED) is 0.440. The minimum Gasteiger partial charge on any atom is -0.460 e. The third-order valence-corrected chi connectivity index (χ3v) is 3.67. The van der Waals surface area contributed by atoms with Crippen molar-refractivity contribution in [3.63, 3.8) is 0 Å². The summed E-state index contributed by atoms with van der Waals surface area (Å²) < 4.78 is 4.69. The van der Waals surface area contributed by atoms with Crippen molar-refractivity contribution in [3.05, 3.63) is 0 Å². The molecule has 1 aliphatic carbocycles. The maximum Gasteiger partial charge on any atom is 0.375 e. The lowest BCUT2D eigenvalue weighted by Gasteiger charge is -2.36. The van der Waals surface area contributed by atoms with Gasteiger partial charge in [0.05, 0.1) is 12.5 Å². The van der Waals surface area contributed by atoms with Gasteiger partial charge in [-0.1, -0.05) is 20.8 Å². The van der Waals surface area contributed by atoms with Crippen molar-refractivity contribution in [1.82, 2.24) is 0 Å². The van der Waals surface area contributed by atoms with Crippen LogP contribution in [0.4, 0.5) is 0 Å². The fourth-order valence-electron chi connectivity index (χ4n) is 2.41. The van der Waals surface area contributed by atoms with E-state index in [4.69, 9.17) is 0 Å². The summed E-state index contributed by atoms with van der Waals surface area (Å²) in [6.45, 7) is 8.10. The molecule has 0 amide bonds. The van der Waals surface area contributed by atoms with Crippen LogP contribution in [0.5, 0.6) is 0 Å². The Morgan fingerprint density at radius 1 is 1.33 bits per heavy atom. The number of carbonyl (C=O) groups is 3. The molecule has 102 valence electrons. The Hall–Kier alpha value is -1.19. The molecule has 0 heterocycles. The van der Waals surface area contributed by atoms with E-state index in [2.05, 4.69) is 25.5 Å². The fraction of sp³-hybridized carbons (Fsp3) is 0.786. The highest BCUT2D eigenvalue weighted by Crippen LogP contribution is 2.39. The van der Waals surface area contributed by atoms with Crippen LogP contribution < -0.4 is 0 Å². The second kappa shape index (κ2) is 5.63. The molecular weight excluding hydrogens is 232 g/mol. The molecule has 18 heavy (non-hydrogen) atoms. The van der Waals surface area contributed by atoms with E-state index in [1.54, 1.807) is 6.92 Å². The van der Waals surface area contributed by atoms with Crippen LogP contribution in [0.25, 0.3) is 0 Å². The number of hydrogen-bond donors (Lipinski definition) is 0. The summed E-state index contributed by atoms with van der Waals surface area (Å²) in [7, 11) is 0. The summed E-state index contributed by atoms with van der Waals surface area (Å²) in [5.41, 5.74) is 0.0495. The third kappa shape index (κ3) is 3.40. The van der Waals surface area contributed by atoms with Crippen LogP contribution in [0.3, 0.4) is 0 Å². The van der Waals surface area contributed by atoms with Crippen LogP contribution in [0.15, 0.2) is 0 Å². The Morgan fingerprint density at radius 3 is 2.44 bits per heavy atom. The minimum absolute atomic E-state index is 0.0495. The maximum atomic E-state index is 11.9.